The predicted octanol–water partition coefficient (Wildman–Crippen LogP) is 1.41. The topological polar surface area (TPSA) is 39.2 Å². The van der Waals surface area contributed by atoms with Gasteiger partial charge in [-0.25, -0.2) is 8.78 Å². The van der Waals surface area contributed by atoms with E-state index in [9.17, 15) is 8.78 Å². The summed E-state index contributed by atoms with van der Waals surface area (Å²) in [4.78, 5) is 0. The van der Waals surface area contributed by atoms with Crippen LogP contribution in [0.5, 0.6) is 0 Å². The van der Waals surface area contributed by atoms with Crippen molar-refractivity contribution in [2.45, 2.75) is 18.9 Å². The van der Waals surface area contributed by atoms with E-state index in [4.69, 9.17) is 10.2 Å². The highest BCUT2D eigenvalue weighted by atomic mass is 19.3. The van der Waals surface area contributed by atoms with E-state index in [0.717, 1.165) is 0 Å². The minimum Gasteiger partial charge on any atom is -0.469 e. The maximum Gasteiger partial charge on any atom is 0.253 e. The Kier molecular flexibility index (Phi) is 2.59. The Hall–Kier alpha value is -0.900. The number of nitrogens with two attached hydrogens (primary N) is 1. The smallest absolute Gasteiger partial charge is 0.253 e. The molecule has 0 aliphatic rings. The lowest BCUT2D eigenvalue weighted by atomic mass is 10.2. The summed E-state index contributed by atoms with van der Waals surface area (Å²) in [6.07, 6.45) is -0.960. The summed E-state index contributed by atoms with van der Waals surface area (Å²) < 4.78 is 28.5. The first-order valence-corrected chi connectivity index (χ1v) is 3.26. The zero-order valence-electron chi connectivity index (χ0n) is 5.84. The second-order valence-electron chi connectivity index (χ2n) is 2.28. The summed E-state index contributed by atoms with van der Waals surface area (Å²) in [7, 11) is 0. The summed E-state index contributed by atoms with van der Waals surface area (Å²) in [5.41, 5.74) is 5.10. The third kappa shape index (κ3) is 2.31. The van der Waals surface area contributed by atoms with Crippen molar-refractivity contribution < 1.29 is 13.2 Å². The minimum absolute atomic E-state index is 0.0880. The third-order valence-electron chi connectivity index (χ3n) is 1.34. The van der Waals surface area contributed by atoms with E-state index < -0.39 is 12.5 Å². The largest absolute Gasteiger partial charge is 0.469 e. The quantitative estimate of drug-likeness (QED) is 0.728. The molecule has 1 rings (SSSR count). The maximum atomic E-state index is 11.9. The van der Waals surface area contributed by atoms with Gasteiger partial charge in [0, 0.05) is 6.42 Å². The van der Waals surface area contributed by atoms with Crippen LogP contribution in [0.3, 0.4) is 0 Å². The third-order valence-corrected chi connectivity index (χ3v) is 1.34. The van der Waals surface area contributed by atoms with Crippen molar-refractivity contribution in [3.05, 3.63) is 24.2 Å². The maximum absolute atomic E-state index is 11.9. The molecule has 4 heteroatoms. The van der Waals surface area contributed by atoms with Crippen molar-refractivity contribution in [2.75, 3.05) is 0 Å². The van der Waals surface area contributed by atoms with Gasteiger partial charge in [0.25, 0.3) is 6.43 Å². The summed E-state index contributed by atoms with van der Waals surface area (Å²) in [6, 6.07) is 2.15. The molecule has 11 heavy (non-hydrogen) atoms. The summed E-state index contributed by atoms with van der Waals surface area (Å²) in [5, 5.41) is 0. The van der Waals surface area contributed by atoms with E-state index >= 15 is 0 Å². The molecule has 0 aliphatic carbocycles. The van der Waals surface area contributed by atoms with Crippen LogP contribution in [0.4, 0.5) is 8.78 Å². The second kappa shape index (κ2) is 3.48. The van der Waals surface area contributed by atoms with Gasteiger partial charge >= 0.3 is 0 Å². The Labute approximate surface area is 63.0 Å². The zero-order chi connectivity index (χ0) is 8.27. The SMILES string of the molecule is NC(Cc1ccco1)C(F)F. The van der Waals surface area contributed by atoms with Crippen molar-refractivity contribution in [3.8, 4) is 0 Å². The second-order valence-corrected chi connectivity index (χ2v) is 2.28. The molecule has 2 nitrogen and oxygen atoms in total. The van der Waals surface area contributed by atoms with Gasteiger partial charge in [0.2, 0.25) is 0 Å². The van der Waals surface area contributed by atoms with Gasteiger partial charge in [0.1, 0.15) is 5.76 Å². The van der Waals surface area contributed by atoms with Gasteiger partial charge in [-0.1, -0.05) is 0 Å². The number of rotatable bonds is 3. The Morgan fingerprint density at radius 1 is 1.55 bits per heavy atom. The van der Waals surface area contributed by atoms with E-state index in [1.165, 1.54) is 6.26 Å². The van der Waals surface area contributed by atoms with Crippen molar-refractivity contribution in [3.63, 3.8) is 0 Å². The van der Waals surface area contributed by atoms with Crippen LogP contribution in [0.25, 0.3) is 0 Å². The minimum atomic E-state index is -2.49. The van der Waals surface area contributed by atoms with Crippen molar-refractivity contribution in [2.24, 2.45) is 5.73 Å². The molecule has 0 saturated carbocycles. The number of furan rings is 1. The molecule has 0 aliphatic heterocycles. The molecule has 1 aromatic heterocycles. The van der Waals surface area contributed by atoms with Crippen LogP contribution >= 0.6 is 0 Å². The number of alkyl halides is 2. The van der Waals surface area contributed by atoms with Crippen molar-refractivity contribution in [1.82, 2.24) is 0 Å². The molecule has 0 amide bonds. The fourth-order valence-electron chi connectivity index (χ4n) is 0.750. The molecule has 1 aromatic rings. The predicted molar refractivity (Wildman–Crippen MR) is 36.4 cm³/mol. The fraction of sp³-hybridized carbons (Fsp3) is 0.429. The van der Waals surface area contributed by atoms with E-state index in [1.54, 1.807) is 12.1 Å². The lowest BCUT2D eigenvalue weighted by Gasteiger charge is -2.06. The number of hydrogen-bond donors (Lipinski definition) is 1. The molecule has 1 unspecified atom stereocenters. The molecular weight excluding hydrogens is 152 g/mol. The lowest BCUT2D eigenvalue weighted by molar-refractivity contribution is 0.113. The molecule has 0 spiro atoms. The molecule has 0 bridgehead atoms. The highest BCUT2D eigenvalue weighted by Gasteiger charge is 2.16. The lowest BCUT2D eigenvalue weighted by Crippen LogP contribution is -2.30. The molecule has 1 heterocycles. The van der Waals surface area contributed by atoms with Crippen molar-refractivity contribution in [1.29, 1.82) is 0 Å². The Bertz CT molecular complexity index is 198. The van der Waals surface area contributed by atoms with E-state index in [0.29, 0.717) is 5.76 Å². The van der Waals surface area contributed by atoms with E-state index in [1.807, 2.05) is 0 Å². The van der Waals surface area contributed by atoms with E-state index in [2.05, 4.69) is 0 Å². The van der Waals surface area contributed by atoms with Crippen LogP contribution < -0.4 is 5.73 Å². The van der Waals surface area contributed by atoms with Gasteiger partial charge in [-0.15, -0.1) is 0 Å². The normalized spacial score (nSPS) is 13.8. The number of halogens is 2. The standard InChI is InChI=1S/C7H9F2NO/c8-7(9)6(10)4-5-2-1-3-11-5/h1-3,6-7H,4,10H2. The van der Waals surface area contributed by atoms with Gasteiger partial charge in [-0.3, -0.25) is 0 Å². The monoisotopic (exact) mass is 161 g/mol. The van der Waals surface area contributed by atoms with Crippen LogP contribution in [-0.4, -0.2) is 12.5 Å². The highest BCUT2D eigenvalue weighted by Crippen LogP contribution is 2.07. The summed E-state index contributed by atoms with van der Waals surface area (Å²) in [5.74, 6) is 0.498. The molecule has 0 aromatic carbocycles. The number of hydrogen-bond acceptors (Lipinski definition) is 2. The van der Waals surface area contributed by atoms with Crippen LogP contribution in [0.2, 0.25) is 0 Å². The first kappa shape index (κ1) is 8.20. The molecule has 2 N–H and O–H groups in total. The van der Waals surface area contributed by atoms with Crippen LogP contribution in [0.1, 0.15) is 5.76 Å². The highest BCUT2D eigenvalue weighted by molar-refractivity contribution is 5.00. The average Bonchev–Trinajstić information content (AvgIpc) is 2.39. The van der Waals surface area contributed by atoms with Crippen LogP contribution in [-0.2, 0) is 6.42 Å². The summed E-state index contributed by atoms with van der Waals surface area (Å²) >= 11 is 0. The summed E-state index contributed by atoms with van der Waals surface area (Å²) in [6.45, 7) is 0. The first-order valence-electron chi connectivity index (χ1n) is 3.26. The fourth-order valence-corrected chi connectivity index (χ4v) is 0.750. The molecule has 1 atom stereocenters. The average molecular weight is 161 g/mol. The van der Waals surface area contributed by atoms with Gasteiger partial charge < -0.3 is 10.2 Å². The first-order chi connectivity index (χ1) is 5.20. The molecule has 0 fully saturated rings. The van der Waals surface area contributed by atoms with Gasteiger partial charge in [0.15, 0.2) is 0 Å². The Balaban J connectivity index is 2.43. The van der Waals surface area contributed by atoms with Gasteiger partial charge in [0.05, 0.1) is 12.3 Å². The molecule has 62 valence electrons. The Morgan fingerprint density at radius 3 is 2.73 bits per heavy atom. The van der Waals surface area contributed by atoms with Crippen LogP contribution in [0.15, 0.2) is 22.8 Å². The molecule has 0 saturated heterocycles. The van der Waals surface area contributed by atoms with E-state index in [-0.39, 0.29) is 6.42 Å². The van der Waals surface area contributed by atoms with Gasteiger partial charge in [-0.2, -0.15) is 0 Å². The Morgan fingerprint density at radius 2 is 2.27 bits per heavy atom. The molecular formula is C7H9F2NO. The van der Waals surface area contributed by atoms with Gasteiger partial charge in [-0.05, 0) is 12.1 Å². The van der Waals surface area contributed by atoms with Crippen molar-refractivity contribution >= 4 is 0 Å². The molecule has 0 radical (unpaired) electrons. The zero-order valence-corrected chi connectivity index (χ0v) is 5.84. The van der Waals surface area contributed by atoms with Crippen LogP contribution in [0, 0.1) is 0 Å².